The van der Waals surface area contributed by atoms with Gasteiger partial charge in [-0.15, -0.1) is 0 Å². The molecule has 0 spiro atoms. The number of amides is 2. The van der Waals surface area contributed by atoms with Crippen molar-refractivity contribution in [1.82, 2.24) is 14.2 Å². The Morgan fingerprint density at radius 3 is 2.44 bits per heavy atom. The number of aromatic nitrogens is 1. The molecule has 3 heterocycles. The normalized spacial score (nSPS) is 21.6. The highest BCUT2D eigenvalue weighted by molar-refractivity contribution is 7.89. The first-order chi connectivity index (χ1) is 16.1. The van der Waals surface area contributed by atoms with Crippen LogP contribution in [-0.4, -0.2) is 84.8 Å². The zero-order chi connectivity index (χ0) is 24.5. The second-order valence-corrected chi connectivity index (χ2v) is 12.4. The number of ether oxygens (including phenoxy) is 2. The fraction of sp³-hybridized carbons (Fsp3) is 0.696. The fourth-order valence-corrected chi connectivity index (χ4v) is 5.30. The standard InChI is InChI=1S/C23H34N4O6S/c1-17(2)34(30,31)26-12-13-27(21(28)15-26)20-5-4-19(14-24-20)32-16-18-6-10-25(11-7-18)22(29)33-23(3)8-9-23/h4-5,14,17-18H,6-13,15-16H2,1-3H3. The molecule has 3 fully saturated rings. The minimum absolute atomic E-state index is 0.175. The van der Waals surface area contributed by atoms with Crippen LogP contribution in [0.15, 0.2) is 18.3 Å². The van der Waals surface area contributed by atoms with Crippen LogP contribution in [0.1, 0.15) is 46.5 Å². The van der Waals surface area contributed by atoms with Crippen molar-refractivity contribution in [2.75, 3.05) is 44.2 Å². The third-order valence-corrected chi connectivity index (χ3v) is 9.01. The first-order valence-corrected chi connectivity index (χ1v) is 13.4. The van der Waals surface area contributed by atoms with E-state index in [1.54, 1.807) is 37.1 Å². The number of carbonyl (C=O) groups is 2. The second-order valence-electron chi connectivity index (χ2n) is 9.88. The molecular weight excluding hydrogens is 460 g/mol. The van der Waals surface area contributed by atoms with Crippen LogP contribution < -0.4 is 9.64 Å². The molecule has 188 valence electrons. The highest BCUT2D eigenvalue weighted by Gasteiger charge is 2.43. The summed E-state index contributed by atoms with van der Waals surface area (Å²) in [4.78, 5) is 32.4. The molecule has 0 bridgehead atoms. The van der Waals surface area contributed by atoms with Gasteiger partial charge < -0.3 is 14.4 Å². The molecule has 2 saturated heterocycles. The highest BCUT2D eigenvalue weighted by Crippen LogP contribution is 2.39. The molecule has 4 rings (SSSR count). The van der Waals surface area contributed by atoms with Gasteiger partial charge in [-0.1, -0.05) is 0 Å². The Balaban J connectivity index is 1.22. The minimum atomic E-state index is -3.46. The summed E-state index contributed by atoms with van der Waals surface area (Å²) in [5, 5.41) is -0.561. The lowest BCUT2D eigenvalue weighted by molar-refractivity contribution is -0.120. The topological polar surface area (TPSA) is 109 Å². The second kappa shape index (κ2) is 9.69. The van der Waals surface area contributed by atoms with Gasteiger partial charge in [-0.3, -0.25) is 9.69 Å². The Labute approximate surface area is 201 Å². The molecule has 2 aliphatic heterocycles. The van der Waals surface area contributed by atoms with Crippen LogP contribution in [-0.2, 0) is 19.6 Å². The highest BCUT2D eigenvalue weighted by atomic mass is 32.2. The van der Waals surface area contributed by atoms with Crippen LogP contribution in [0.2, 0.25) is 0 Å². The number of hydrogen-bond donors (Lipinski definition) is 0. The number of piperidine rings is 1. The molecular formula is C23H34N4O6S. The summed E-state index contributed by atoms with van der Waals surface area (Å²) in [6, 6.07) is 3.49. The van der Waals surface area contributed by atoms with Gasteiger partial charge in [0.15, 0.2) is 0 Å². The maximum absolute atomic E-state index is 12.6. The van der Waals surface area contributed by atoms with Crippen LogP contribution >= 0.6 is 0 Å². The molecule has 10 nitrogen and oxygen atoms in total. The molecule has 2 amide bonds. The predicted octanol–water partition coefficient (Wildman–Crippen LogP) is 2.25. The summed E-state index contributed by atoms with van der Waals surface area (Å²) in [7, 11) is -3.46. The summed E-state index contributed by atoms with van der Waals surface area (Å²) < 4.78 is 37.3. The van der Waals surface area contributed by atoms with E-state index in [2.05, 4.69) is 4.98 Å². The average molecular weight is 495 g/mol. The number of likely N-dealkylation sites (tertiary alicyclic amines) is 1. The van der Waals surface area contributed by atoms with Gasteiger partial charge in [-0.05, 0) is 64.5 Å². The number of pyridine rings is 1. The van der Waals surface area contributed by atoms with Crippen LogP contribution in [0.25, 0.3) is 0 Å². The smallest absolute Gasteiger partial charge is 0.410 e. The van der Waals surface area contributed by atoms with Crippen molar-refractivity contribution in [3.05, 3.63) is 18.3 Å². The van der Waals surface area contributed by atoms with Gasteiger partial charge in [0.05, 0.1) is 24.6 Å². The number of piperazine rings is 1. The lowest BCUT2D eigenvalue weighted by Crippen LogP contribution is -2.53. The van der Waals surface area contributed by atoms with E-state index in [1.807, 2.05) is 6.92 Å². The molecule has 1 aliphatic carbocycles. The number of sulfonamides is 1. The predicted molar refractivity (Wildman–Crippen MR) is 126 cm³/mol. The first-order valence-electron chi connectivity index (χ1n) is 11.9. The lowest BCUT2D eigenvalue weighted by atomic mass is 9.98. The van der Waals surface area contributed by atoms with Crippen LogP contribution in [0.5, 0.6) is 5.75 Å². The Morgan fingerprint density at radius 2 is 1.88 bits per heavy atom. The summed E-state index contributed by atoms with van der Waals surface area (Å²) in [6.07, 6.45) is 4.98. The van der Waals surface area contributed by atoms with Crippen molar-refractivity contribution >= 4 is 27.8 Å². The maximum Gasteiger partial charge on any atom is 0.410 e. The van der Waals surface area contributed by atoms with E-state index in [0.717, 1.165) is 25.7 Å². The summed E-state index contributed by atoms with van der Waals surface area (Å²) in [6.45, 7) is 7.39. The minimum Gasteiger partial charge on any atom is -0.492 e. The zero-order valence-electron chi connectivity index (χ0n) is 20.1. The number of carbonyl (C=O) groups excluding carboxylic acids is 2. The lowest BCUT2D eigenvalue weighted by Gasteiger charge is -2.34. The van der Waals surface area contributed by atoms with Crippen LogP contribution in [0, 0.1) is 5.92 Å². The zero-order valence-corrected chi connectivity index (χ0v) is 20.9. The Kier molecular flexibility index (Phi) is 7.04. The average Bonchev–Trinajstić information content (AvgIpc) is 3.54. The van der Waals surface area contributed by atoms with Crippen molar-refractivity contribution in [2.45, 2.75) is 57.3 Å². The SMILES string of the molecule is CC(C)S(=O)(=O)N1CCN(c2ccc(OCC3CCN(C(=O)OC4(C)CC4)CC3)cn2)C(=O)C1. The third-order valence-electron chi connectivity index (χ3n) is 6.78. The number of hydrogen-bond acceptors (Lipinski definition) is 7. The Morgan fingerprint density at radius 1 is 1.18 bits per heavy atom. The van der Waals surface area contributed by atoms with E-state index < -0.39 is 15.3 Å². The van der Waals surface area contributed by atoms with Crippen LogP contribution in [0.4, 0.5) is 10.6 Å². The van der Waals surface area contributed by atoms with E-state index in [9.17, 15) is 18.0 Å². The molecule has 1 aromatic heterocycles. The largest absolute Gasteiger partial charge is 0.492 e. The van der Waals surface area contributed by atoms with E-state index in [0.29, 0.717) is 37.2 Å². The van der Waals surface area contributed by atoms with Crippen molar-refractivity contribution in [3.63, 3.8) is 0 Å². The van der Waals surface area contributed by atoms with Crippen molar-refractivity contribution in [3.8, 4) is 5.75 Å². The van der Waals surface area contributed by atoms with Crippen molar-refractivity contribution in [2.24, 2.45) is 5.92 Å². The van der Waals surface area contributed by atoms with Gasteiger partial charge in [-0.2, -0.15) is 4.31 Å². The van der Waals surface area contributed by atoms with E-state index in [1.165, 1.54) is 9.21 Å². The van der Waals surface area contributed by atoms with Gasteiger partial charge in [0.2, 0.25) is 15.9 Å². The molecule has 0 radical (unpaired) electrons. The monoisotopic (exact) mass is 494 g/mol. The summed E-state index contributed by atoms with van der Waals surface area (Å²) >= 11 is 0. The van der Waals surface area contributed by atoms with Crippen molar-refractivity contribution < 1.29 is 27.5 Å². The van der Waals surface area contributed by atoms with Crippen LogP contribution in [0.3, 0.4) is 0 Å². The summed E-state index contributed by atoms with van der Waals surface area (Å²) in [5.41, 5.74) is -0.250. The number of anilines is 1. The Hall–Kier alpha value is -2.40. The molecule has 0 N–H and O–H groups in total. The first kappa shape index (κ1) is 24.7. The van der Waals surface area contributed by atoms with Crippen molar-refractivity contribution in [1.29, 1.82) is 0 Å². The molecule has 0 atom stereocenters. The quantitative estimate of drug-likeness (QED) is 0.572. The molecule has 11 heteroatoms. The van der Waals surface area contributed by atoms with E-state index in [4.69, 9.17) is 9.47 Å². The van der Waals surface area contributed by atoms with Gasteiger partial charge >= 0.3 is 6.09 Å². The fourth-order valence-electron chi connectivity index (χ4n) is 4.08. The van der Waals surface area contributed by atoms with Gasteiger partial charge in [0.25, 0.3) is 0 Å². The van der Waals surface area contributed by atoms with Gasteiger partial charge in [-0.25, -0.2) is 18.2 Å². The molecule has 34 heavy (non-hydrogen) atoms. The Bertz CT molecular complexity index is 1000. The van der Waals surface area contributed by atoms with E-state index in [-0.39, 0.29) is 37.2 Å². The molecule has 1 saturated carbocycles. The molecule has 0 aromatic carbocycles. The third kappa shape index (κ3) is 5.63. The van der Waals surface area contributed by atoms with Gasteiger partial charge in [0.1, 0.15) is 17.2 Å². The summed E-state index contributed by atoms with van der Waals surface area (Å²) in [5.74, 6) is 1.14. The number of rotatable bonds is 7. The molecule has 3 aliphatic rings. The maximum atomic E-state index is 12.6. The van der Waals surface area contributed by atoms with Gasteiger partial charge in [0, 0.05) is 26.2 Å². The van der Waals surface area contributed by atoms with E-state index >= 15 is 0 Å². The number of nitrogens with zero attached hydrogens (tertiary/aromatic N) is 4. The molecule has 1 aromatic rings. The molecule has 0 unspecified atom stereocenters.